The molecule has 0 amide bonds. The highest BCUT2D eigenvalue weighted by Crippen LogP contribution is 2.34. The van der Waals surface area contributed by atoms with Gasteiger partial charge < -0.3 is 9.40 Å². The summed E-state index contributed by atoms with van der Waals surface area (Å²) in [6, 6.07) is 24.4. The van der Waals surface area contributed by atoms with Gasteiger partial charge in [0.05, 0.1) is 22.1 Å². The molecule has 0 spiro atoms. The first-order valence-corrected chi connectivity index (χ1v) is 12.7. The molecule has 3 aromatic carbocycles. The topological polar surface area (TPSA) is 55.9 Å². The van der Waals surface area contributed by atoms with E-state index in [-0.39, 0.29) is 11.9 Å². The van der Waals surface area contributed by atoms with Crippen LogP contribution < -0.4 is 0 Å². The number of ketones is 1. The van der Waals surface area contributed by atoms with Crippen molar-refractivity contribution in [2.24, 2.45) is 10.1 Å². The van der Waals surface area contributed by atoms with E-state index in [1.807, 2.05) is 62.5 Å². The van der Waals surface area contributed by atoms with Crippen LogP contribution in [0.25, 0.3) is 27.5 Å². The van der Waals surface area contributed by atoms with Crippen molar-refractivity contribution < 1.29 is 9.63 Å². The lowest BCUT2D eigenvalue weighted by Gasteiger charge is -2.09. The maximum Gasteiger partial charge on any atom is 0.202 e. The summed E-state index contributed by atoms with van der Waals surface area (Å²) in [4.78, 5) is 23.5. The first-order chi connectivity index (χ1) is 17.5. The van der Waals surface area contributed by atoms with Crippen molar-refractivity contribution in [2.45, 2.75) is 26.9 Å². The van der Waals surface area contributed by atoms with Gasteiger partial charge in [0.15, 0.2) is 0 Å². The Bertz CT molecular complexity index is 1610. The number of carbonyl (C=O) groups is 1. The van der Waals surface area contributed by atoms with Gasteiger partial charge in [-0.25, -0.2) is 0 Å². The Morgan fingerprint density at radius 3 is 2.31 bits per heavy atom. The SMILES string of the molecule is CN=C(C)c1ccc(-n2c3ccc(/C=N\OC(C)C)cc3c3cc(C(=O)c4cccs4)ccc32)cc1. The molecule has 0 atom stereocenters. The number of oxime groups is 1. The first kappa shape index (κ1) is 23.7. The zero-order chi connectivity index (χ0) is 25.2. The number of aromatic nitrogens is 1. The zero-order valence-electron chi connectivity index (χ0n) is 20.7. The minimum Gasteiger partial charge on any atom is -0.393 e. The molecule has 5 rings (SSSR count). The second kappa shape index (κ2) is 9.91. The van der Waals surface area contributed by atoms with Crippen LogP contribution >= 0.6 is 11.3 Å². The largest absolute Gasteiger partial charge is 0.393 e. The van der Waals surface area contributed by atoms with Crippen LogP contribution in [-0.4, -0.2) is 35.4 Å². The summed E-state index contributed by atoms with van der Waals surface area (Å²) in [6.07, 6.45) is 1.74. The minimum absolute atomic E-state index is 0.0158. The third kappa shape index (κ3) is 4.48. The molecule has 5 nitrogen and oxygen atoms in total. The molecule has 6 heteroatoms. The van der Waals surface area contributed by atoms with Crippen molar-refractivity contribution in [3.05, 3.63) is 99.7 Å². The lowest BCUT2D eigenvalue weighted by atomic mass is 10.0. The third-order valence-corrected chi connectivity index (χ3v) is 7.02. The Balaban J connectivity index is 1.70. The molecule has 2 heterocycles. The minimum atomic E-state index is 0.0158. The van der Waals surface area contributed by atoms with Crippen molar-refractivity contribution in [3.8, 4) is 5.69 Å². The van der Waals surface area contributed by atoms with E-state index in [4.69, 9.17) is 4.84 Å². The Hall–Kier alpha value is -4.03. The monoisotopic (exact) mass is 493 g/mol. The van der Waals surface area contributed by atoms with Crippen molar-refractivity contribution >= 4 is 50.9 Å². The molecule has 36 heavy (non-hydrogen) atoms. The van der Waals surface area contributed by atoms with Gasteiger partial charge in [-0.2, -0.15) is 0 Å². The number of rotatable bonds is 7. The summed E-state index contributed by atoms with van der Waals surface area (Å²) in [5.74, 6) is 0.0366. The molecule has 0 fully saturated rings. The molecule has 0 saturated carbocycles. The third-order valence-electron chi connectivity index (χ3n) is 6.15. The summed E-state index contributed by atoms with van der Waals surface area (Å²) < 4.78 is 2.23. The van der Waals surface area contributed by atoms with Gasteiger partial charge in [0.1, 0.15) is 6.10 Å². The zero-order valence-corrected chi connectivity index (χ0v) is 21.5. The molecule has 0 unspecified atom stereocenters. The normalized spacial score (nSPS) is 12.3. The van der Waals surface area contributed by atoms with Gasteiger partial charge in [-0.15, -0.1) is 11.3 Å². The number of benzene rings is 3. The Kier molecular flexibility index (Phi) is 6.53. The smallest absolute Gasteiger partial charge is 0.202 e. The molecule has 0 aliphatic rings. The van der Waals surface area contributed by atoms with Crippen LogP contribution in [-0.2, 0) is 4.84 Å². The molecule has 5 aromatic rings. The van der Waals surface area contributed by atoms with E-state index in [1.54, 1.807) is 13.3 Å². The highest BCUT2D eigenvalue weighted by atomic mass is 32.1. The maximum atomic E-state index is 13.1. The highest BCUT2D eigenvalue weighted by Gasteiger charge is 2.17. The van der Waals surface area contributed by atoms with Crippen molar-refractivity contribution in [1.29, 1.82) is 0 Å². The number of hydrogen-bond acceptors (Lipinski definition) is 5. The summed E-state index contributed by atoms with van der Waals surface area (Å²) in [6.45, 7) is 5.90. The first-order valence-electron chi connectivity index (χ1n) is 11.9. The van der Waals surface area contributed by atoms with Crippen LogP contribution in [0.2, 0.25) is 0 Å². The van der Waals surface area contributed by atoms with E-state index in [9.17, 15) is 4.79 Å². The molecule has 0 radical (unpaired) electrons. The van der Waals surface area contributed by atoms with Crippen molar-refractivity contribution in [2.75, 3.05) is 7.05 Å². The predicted molar refractivity (Wildman–Crippen MR) is 150 cm³/mol. The van der Waals surface area contributed by atoms with E-state index in [0.29, 0.717) is 5.56 Å². The second-order valence-electron chi connectivity index (χ2n) is 8.89. The van der Waals surface area contributed by atoms with E-state index in [0.717, 1.165) is 49.2 Å². The number of hydrogen-bond donors (Lipinski definition) is 0. The van der Waals surface area contributed by atoms with E-state index >= 15 is 0 Å². The number of fused-ring (bicyclic) bond motifs is 3. The molecule has 0 aliphatic carbocycles. The van der Waals surface area contributed by atoms with Gasteiger partial charge in [0, 0.05) is 34.8 Å². The summed E-state index contributed by atoms with van der Waals surface area (Å²) >= 11 is 1.46. The van der Waals surface area contributed by atoms with Gasteiger partial charge in [0.25, 0.3) is 0 Å². The second-order valence-corrected chi connectivity index (χ2v) is 9.84. The lowest BCUT2D eigenvalue weighted by Crippen LogP contribution is -1.99. The van der Waals surface area contributed by atoms with Gasteiger partial charge in [0.2, 0.25) is 5.78 Å². The maximum absolute atomic E-state index is 13.1. The van der Waals surface area contributed by atoms with Crippen LogP contribution in [0.15, 0.2) is 88.3 Å². The molecule has 180 valence electrons. The Morgan fingerprint density at radius 1 is 0.944 bits per heavy atom. The lowest BCUT2D eigenvalue weighted by molar-refractivity contribution is 0.0873. The molecule has 2 aromatic heterocycles. The van der Waals surface area contributed by atoms with Crippen molar-refractivity contribution in [1.82, 2.24) is 4.57 Å². The fraction of sp³-hybridized carbons (Fsp3) is 0.167. The average molecular weight is 494 g/mol. The number of aliphatic imine (C=N–C) groups is 1. The molecule has 0 aliphatic heterocycles. The number of nitrogens with zero attached hydrogens (tertiary/aromatic N) is 3. The van der Waals surface area contributed by atoms with Crippen LogP contribution in [0.5, 0.6) is 0 Å². The van der Waals surface area contributed by atoms with Gasteiger partial charge in [-0.1, -0.05) is 29.4 Å². The van der Waals surface area contributed by atoms with Gasteiger partial charge in [-0.3, -0.25) is 9.79 Å². The van der Waals surface area contributed by atoms with E-state index in [2.05, 4.69) is 51.1 Å². The molecular formula is C30H27N3O2S. The molecular weight excluding hydrogens is 466 g/mol. The average Bonchev–Trinajstić information content (AvgIpc) is 3.54. The van der Waals surface area contributed by atoms with E-state index in [1.165, 1.54) is 11.3 Å². The summed E-state index contributed by atoms with van der Waals surface area (Å²) in [5, 5.41) is 8.11. The highest BCUT2D eigenvalue weighted by molar-refractivity contribution is 7.12. The van der Waals surface area contributed by atoms with Crippen LogP contribution in [0.3, 0.4) is 0 Å². The van der Waals surface area contributed by atoms with Crippen LogP contribution in [0, 0.1) is 0 Å². The fourth-order valence-corrected chi connectivity index (χ4v) is 4.97. The predicted octanol–water partition coefficient (Wildman–Crippen LogP) is 7.27. The van der Waals surface area contributed by atoms with E-state index < -0.39 is 0 Å². The summed E-state index contributed by atoms with van der Waals surface area (Å²) in [7, 11) is 1.80. The van der Waals surface area contributed by atoms with Crippen LogP contribution in [0.4, 0.5) is 0 Å². The Labute approximate surface area is 214 Å². The molecule has 0 saturated heterocycles. The number of carbonyl (C=O) groups excluding carboxylic acids is 1. The van der Waals surface area contributed by atoms with Gasteiger partial charge in [-0.05, 0) is 85.8 Å². The number of thiophene rings is 1. The summed E-state index contributed by atoms with van der Waals surface area (Å²) in [5.41, 5.74) is 6.83. The van der Waals surface area contributed by atoms with Gasteiger partial charge >= 0.3 is 0 Å². The standard InChI is InChI=1S/C30H27N3O2S/c1-19(2)35-32-18-21-7-13-27-25(16-21)26-17-23(30(34)29-6-5-15-36-29)10-14-28(26)33(27)24-11-8-22(9-12-24)20(3)31-4/h5-19H,1-4H3/b31-20?,32-18-. The Morgan fingerprint density at radius 2 is 1.64 bits per heavy atom. The van der Waals surface area contributed by atoms with Crippen LogP contribution in [0.1, 0.15) is 47.1 Å². The quantitative estimate of drug-likeness (QED) is 0.136. The molecule has 0 bridgehead atoms. The van der Waals surface area contributed by atoms with Crippen molar-refractivity contribution in [3.63, 3.8) is 0 Å². The molecule has 0 N–H and O–H groups in total. The fourth-order valence-electron chi connectivity index (χ4n) is 4.28.